The number of carbonyl (C=O) groups is 1. The maximum atomic E-state index is 11.9. The van der Waals surface area contributed by atoms with E-state index < -0.39 is 27.3 Å². The van der Waals surface area contributed by atoms with Crippen molar-refractivity contribution in [3.8, 4) is 6.07 Å². The van der Waals surface area contributed by atoms with Crippen molar-refractivity contribution in [2.45, 2.75) is 13.0 Å². The zero-order valence-electron chi connectivity index (χ0n) is 10.4. The third-order valence-corrected chi connectivity index (χ3v) is 4.37. The highest BCUT2D eigenvalue weighted by Gasteiger charge is 2.24. The van der Waals surface area contributed by atoms with Crippen LogP contribution in [-0.4, -0.2) is 37.3 Å². The number of benzene rings is 1. The molecule has 1 amide bonds. The smallest absolute Gasteiger partial charge is 0.238 e. The lowest BCUT2D eigenvalue weighted by atomic mass is 10.00. The Morgan fingerprint density at radius 1 is 1.32 bits per heavy atom. The number of sulfone groups is 1. The van der Waals surface area contributed by atoms with Gasteiger partial charge in [-0.1, -0.05) is 24.3 Å². The second-order valence-corrected chi connectivity index (χ2v) is 6.59. The molecule has 0 radical (unpaired) electrons. The molecule has 2 rings (SSSR count). The Labute approximate surface area is 112 Å². The summed E-state index contributed by atoms with van der Waals surface area (Å²) >= 11 is 0. The van der Waals surface area contributed by atoms with Crippen LogP contribution in [0.3, 0.4) is 0 Å². The number of nitriles is 1. The molecule has 5 nitrogen and oxygen atoms in total. The molecule has 0 bridgehead atoms. The zero-order chi connectivity index (χ0) is 13.9. The highest BCUT2D eigenvalue weighted by Crippen LogP contribution is 2.18. The highest BCUT2D eigenvalue weighted by atomic mass is 32.2. The van der Waals surface area contributed by atoms with E-state index in [1.54, 1.807) is 6.07 Å². The number of rotatable bonds is 3. The van der Waals surface area contributed by atoms with Gasteiger partial charge >= 0.3 is 0 Å². The predicted octanol–water partition coefficient (Wildman–Crippen LogP) is 0.510. The molecule has 19 heavy (non-hydrogen) atoms. The van der Waals surface area contributed by atoms with Gasteiger partial charge in [0.05, 0.1) is 6.07 Å². The predicted molar refractivity (Wildman–Crippen MR) is 69.8 cm³/mol. The third kappa shape index (κ3) is 3.32. The summed E-state index contributed by atoms with van der Waals surface area (Å²) in [5.41, 5.74) is 2.26. The molecule has 6 heteroatoms. The van der Waals surface area contributed by atoms with Crippen LogP contribution in [0.5, 0.6) is 0 Å². The zero-order valence-corrected chi connectivity index (χ0v) is 11.2. The van der Waals surface area contributed by atoms with E-state index in [1.807, 2.05) is 24.3 Å². The summed E-state index contributed by atoms with van der Waals surface area (Å²) in [6, 6.07) is 9.39. The van der Waals surface area contributed by atoms with Crippen LogP contribution >= 0.6 is 0 Å². The molecule has 0 aromatic heterocycles. The summed E-state index contributed by atoms with van der Waals surface area (Å²) in [6.07, 6.45) is 0.736. The van der Waals surface area contributed by atoms with Gasteiger partial charge in [0.25, 0.3) is 0 Å². The first-order chi connectivity index (χ1) is 9.02. The second-order valence-electron chi connectivity index (χ2n) is 4.52. The molecule has 1 heterocycles. The second kappa shape index (κ2) is 5.41. The van der Waals surface area contributed by atoms with Crippen LogP contribution in [0.1, 0.15) is 11.1 Å². The quantitative estimate of drug-likeness (QED) is 0.807. The molecule has 1 aliphatic rings. The van der Waals surface area contributed by atoms with E-state index in [4.69, 9.17) is 5.26 Å². The standard InChI is InChI=1S/C13H14N2O3S/c14-6-8-19(17,18)10-13(16)15-7-5-11-3-1-2-4-12(11)9-15/h1-4H,5,7-10H2. The number of hydrogen-bond acceptors (Lipinski definition) is 4. The van der Waals surface area contributed by atoms with Gasteiger partial charge in [-0.15, -0.1) is 0 Å². The van der Waals surface area contributed by atoms with Crippen molar-refractivity contribution >= 4 is 15.7 Å². The molecular weight excluding hydrogens is 264 g/mol. The first-order valence-electron chi connectivity index (χ1n) is 5.94. The molecule has 100 valence electrons. The van der Waals surface area contributed by atoms with Gasteiger partial charge in [-0.2, -0.15) is 5.26 Å². The largest absolute Gasteiger partial charge is 0.337 e. The summed E-state index contributed by atoms with van der Waals surface area (Å²) in [7, 11) is -3.61. The monoisotopic (exact) mass is 278 g/mol. The fourth-order valence-corrected chi connectivity index (χ4v) is 2.99. The Kier molecular flexibility index (Phi) is 3.86. The number of carbonyl (C=O) groups excluding carboxylic acids is 1. The van der Waals surface area contributed by atoms with Gasteiger partial charge in [0.2, 0.25) is 5.91 Å². The van der Waals surface area contributed by atoms with Gasteiger partial charge in [0.15, 0.2) is 9.84 Å². The SMILES string of the molecule is N#CCS(=O)(=O)CC(=O)N1CCc2ccccc2C1. The molecule has 0 unspecified atom stereocenters. The normalized spacial score (nSPS) is 14.6. The van der Waals surface area contributed by atoms with E-state index in [2.05, 4.69) is 0 Å². The summed E-state index contributed by atoms with van der Waals surface area (Å²) in [5, 5.41) is 8.40. The van der Waals surface area contributed by atoms with Crippen molar-refractivity contribution in [3.05, 3.63) is 35.4 Å². The Morgan fingerprint density at radius 2 is 2.00 bits per heavy atom. The van der Waals surface area contributed by atoms with Gasteiger partial charge in [0, 0.05) is 13.1 Å². The third-order valence-electron chi connectivity index (χ3n) is 3.11. The number of amides is 1. The van der Waals surface area contributed by atoms with Crippen molar-refractivity contribution in [1.29, 1.82) is 5.26 Å². The molecule has 0 saturated heterocycles. The van der Waals surface area contributed by atoms with Gasteiger partial charge < -0.3 is 4.90 Å². The minimum atomic E-state index is -3.61. The topological polar surface area (TPSA) is 78.2 Å². The van der Waals surface area contributed by atoms with E-state index in [1.165, 1.54) is 10.5 Å². The van der Waals surface area contributed by atoms with Crippen LogP contribution in [0.2, 0.25) is 0 Å². The average Bonchev–Trinajstić information content (AvgIpc) is 2.37. The van der Waals surface area contributed by atoms with E-state index in [0.29, 0.717) is 13.1 Å². The number of hydrogen-bond donors (Lipinski definition) is 0. The molecule has 1 aliphatic heterocycles. The number of nitrogens with zero attached hydrogens (tertiary/aromatic N) is 2. The number of fused-ring (bicyclic) bond motifs is 1. The van der Waals surface area contributed by atoms with Crippen LogP contribution in [0, 0.1) is 11.3 Å². The van der Waals surface area contributed by atoms with Crippen LogP contribution in [0.25, 0.3) is 0 Å². The summed E-state index contributed by atoms with van der Waals surface area (Å²) in [4.78, 5) is 13.5. The van der Waals surface area contributed by atoms with Crippen LogP contribution in [-0.2, 0) is 27.6 Å². The Morgan fingerprint density at radius 3 is 2.68 bits per heavy atom. The molecule has 0 atom stereocenters. The molecule has 0 spiro atoms. The molecule has 0 aliphatic carbocycles. The van der Waals surface area contributed by atoms with Crippen LogP contribution in [0.4, 0.5) is 0 Å². The van der Waals surface area contributed by atoms with Crippen LogP contribution in [0.15, 0.2) is 24.3 Å². The minimum Gasteiger partial charge on any atom is -0.337 e. The maximum absolute atomic E-state index is 11.9. The maximum Gasteiger partial charge on any atom is 0.238 e. The van der Waals surface area contributed by atoms with E-state index in [9.17, 15) is 13.2 Å². The lowest BCUT2D eigenvalue weighted by Gasteiger charge is -2.28. The van der Waals surface area contributed by atoms with Gasteiger partial charge in [-0.05, 0) is 17.5 Å². The molecular formula is C13H14N2O3S. The van der Waals surface area contributed by atoms with E-state index >= 15 is 0 Å². The van der Waals surface area contributed by atoms with Crippen molar-refractivity contribution < 1.29 is 13.2 Å². The van der Waals surface area contributed by atoms with Crippen molar-refractivity contribution in [3.63, 3.8) is 0 Å². The fraction of sp³-hybridized carbons (Fsp3) is 0.385. The van der Waals surface area contributed by atoms with Crippen molar-refractivity contribution in [2.75, 3.05) is 18.1 Å². The van der Waals surface area contributed by atoms with Crippen LogP contribution < -0.4 is 0 Å². The Bertz CT molecular complexity index is 632. The summed E-state index contributed by atoms with van der Waals surface area (Å²) in [6.45, 7) is 0.967. The summed E-state index contributed by atoms with van der Waals surface area (Å²) in [5.74, 6) is -1.61. The minimum absolute atomic E-state index is 0.426. The lowest BCUT2D eigenvalue weighted by Crippen LogP contribution is -2.39. The lowest BCUT2D eigenvalue weighted by molar-refractivity contribution is -0.129. The molecule has 0 fully saturated rings. The Balaban J connectivity index is 2.06. The van der Waals surface area contributed by atoms with Gasteiger partial charge in [-0.25, -0.2) is 8.42 Å². The molecule has 1 aromatic rings. The first-order valence-corrected chi connectivity index (χ1v) is 7.76. The fourth-order valence-electron chi connectivity index (χ4n) is 2.14. The Hall–Kier alpha value is -1.87. The first kappa shape index (κ1) is 13.6. The molecule has 1 aromatic carbocycles. The van der Waals surface area contributed by atoms with Crippen molar-refractivity contribution in [1.82, 2.24) is 4.90 Å². The van der Waals surface area contributed by atoms with Gasteiger partial charge in [0.1, 0.15) is 11.5 Å². The van der Waals surface area contributed by atoms with E-state index in [-0.39, 0.29) is 0 Å². The summed E-state index contributed by atoms with van der Waals surface area (Å²) < 4.78 is 22.9. The highest BCUT2D eigenvalue weighted by molar-refractivity contribution is 7.92. The van der Waals surface area contributed by atoms with Crippen molar-refractivity contribution in [2.24, 2.45) is 0 Å². The average molecular weight is 278 g/mol. The molecule has 0 saturated carbocycles. The van der Waals surface area contributed by atoms with E-state index in [0.717, 1.165) is 12.0 Å². The van der Waals surface area contributed by atoms with Gasteiger partial charge in [-0.3, -0.25) is 4.79 Å². The molecule has 0 N–H and O–H groups in total.